The minimum Gasteiger partial charge on any atom is -0.451 e. The maximum absolute atomic E-state index is 12.3. The highest BCUT2D eigenvalue weighted by atomic mass is 35.5. The van der Waals surface area contributed by atoms with Gasteiger partial charge < -0.3 is 9.84 Å². The summed E-state index contributed by atoms with van der Waals surface area (Å²) in [7, 11) is 0. The largest absolute Gasteiger partial charge is 0.451 e. The van der Waals surface area contributed by atoms with Gasteiger partial charge in [0.25, 0.3) is 6.41 Å². The average molecular weight is 284 g/mol. The Balaban J connectivity index is 2.62. The highest BCUT2D eigenvalue weighted by Gasteiger charge is 2.33. The van der Waals surface area contributed by atoms with Gasteiger partial charge in [0, 0.05) is 12.4 Å². The fourth-order valence-corrected chi connectivity index (χ4v) is 1.52. The van der Waals surface area contributed by atoms with Crippen LogP contribution in [0.25, 0.3) is 0 Å². The molecule has 1 atom stereocenters. The number of aliphatic hydroxyl groups excluding tert-OH is 1. The van der Waals surface area contributed by atoms with Crippen LogP contribution in [0.4, 0.5) is 13.2 Å². The number of alkyl halides is 4. The third kappa shape index (κ3) is 5.57. The molecule has 1 aromatic carbocycles. The van der Waals surface area contributed by atoms with Crippen molar-refractivity contribution >= 4 is 11.6 Å². The zero-order valence-electron chi connectivity index (χ0n) is 9.40. The van der Waals surface area contributed by atoms with Crippen molar-refractivity contribution in [1.82, 2.24) is 4.90 Å². The molecule has 0 spiro atoms. The predicted octanol–water partition coefficient (Wildman–Crippen LogP) is 2.44. The van der Waals surface area contributed by atoms with Gasteiger partial charge in [0.05, 0.1) is 0 Å². The first-order valence-electron chi connectivity index (χ1n) is 5.19. The number of aliphatic hydroxyl groups is 1. The van der Waals surface area contributed by atoms with Gasteiger partial charge in [0.15, 0.2) is 0 Å². The van der Waals surface area contributed by atoms with Gasteiger partial charge in [-0.05, 0) is 12.1 Å². The maximum Gasteiger partial charge on any atom is 0.401 e. The lowest BCUT2D eigenvalue weighted by atomic mass is 10.3. The van der Waals surface area contributed by atoms with Crippen LogP contribution in [0.3, 0.4) is 0 Å². The number of para-hydroxylation sites is 1. The standard InChI is InChI=1S/C11H13ClF3NO2/c12-6-7-16(8-11(13,14)15)10(17)18-9-4-2-1-3-5-9/h1-5,10,17H,6-8H2. The molecule has 0 radical (unpaired) electrons. The van der Waals surface area contributed by atoms with E-state index >= 15 is 0 Å². The van der Waals surface area contributed by atoms with Crippen LogP contribution < -0.4 is 4.74 Å². The summed E-state index contributed by atoms with van der Waals surface area (Å²) >= 11 is 5.40. The second-order valence-electron chi connectivity index (χ2n) is 3.53. The third-order valence-corrected chi connectivity index (χ3v) is 2.22. The fourth-order valence-electron chi connectivity index (χ4n) is 1.30. The highest BCUT2D eigenvalue weighted by molar-refractivity contribution is 6.18. The molecule has 3 nitrogen and oxygen atoms in total. The second-order valence-corrected chi connectivity index (χ2v) is 3.91. The maximum atomic E-state index is 12.3. The first-order chi connectivity index (χ1) is 8.42. The number of benzene rings is 1. The number of ether oxygens (including phenoxy) is 1. The van der Waals surface area contributed by atoms with Crippen LogP contribution in [-0.4, -0.2) is 41.6 Å². The van der Waals surface area contributed by atoms with Gasteiger partial charge in [-0.1, -0.05) is 18.2 Å². The van der Waals surface area contributed by atoms with Crippen molar-refractivity contribution in [3.05, 3.63) is 30.3 Å². The Kier molecular flexibility index (Phi) is 5.71. The van der Waals surface area contributed by atoms with Crippen LogP contribution in [0.5, 0.6) is 5.75 Å². The van der Waals surface area contributed by atoms with Crippen molar-refractivity contribution in [3.8, 4) is 5.75 Å². The van der Waals surface area contributed by atoms with Crippen LogP contribution in [-0.2, 0) is 0 Å². The molecule has 0 aliphatic heterocycles. The van der Waals surface area contributed by atoms with E-state index in [0.29, 0.717) is 4.90 Å². The Labute approximate surface area is 108 Å². The van der Waals surface area contributed by atoms with Crippen molar-refractivity contribution in [2.45, 2.75) is 12.6 Å². The molecule has 18 heavy (non-hydrogen) atoms. The number of halogens is 4. The molecule has 0 aromatic heterocycles. The van der Waals surface area contributed by atoms with E-state index in [-0.39, 0.29) is 18.2 Å². The topological polar surface area (TPSA) is 32.7 Å². The molecule has 0 saturated carbocycles. The summed E-state index contributed by atoms with van der Waals surface area (Å²) in [6, 6.07) is 8.10. The Bertz CT molecular complexity index is 348. The Hall–Kier alpha value is -0.980. The molecule has 0 heterocycles. The summed E-state index contributed by atoms with van der Waals surface area (Å²) in [5.74, 6) is 0.248. The molecule has 7 heteroatoms. The smallest absolute Gasteiger partial charge is 0.401 e. The molecule has 0 fully saturated rings. The first-order valence-corrected chi connectivity index (χ1v) is 5.72. The molecule has 1 rings (SSSR count). The lowest BCUT2D eigenvalue weighted by Crippen LogP contribution is -2.45. The van der Waals surface area contributed by atoms with E-state index in [9.17, 15) is 18.3 Å². The molecule has 0 aliphatic rings. The highest BCUT2D eigenvalue weighted by Crippen LogP contribution is 2.19. The summed E-state index contributed by atoms with van der Waals surface area (Å²) in [5, 5.41) is 9.60. The zero-order chi connectivity index (χ0) is 13.6. The Morgan fingerprint density at radius 1 is 1.28 bits per heavy atom. The van der Waals surface area contributed by atoms with E-state index in [2.05, 4.69) is 0 Å². The van der Waals surface area contributed by atoms with E-state index < -0.39 is 19.1 Å². The van der Waals surface area contributed by atoms with Gasteiger partial charge in [-0.2, -0.15) is 13.2 Å². The van der Waals surface area contributed by atoms with E-state index in [1.165, 1.54) is 12.1 Å². The van der Waals surface area contributed by atoms with Gasteiger partial charge in [-0.25, -0.2) is 4.90 Å². The van der Waals surface area contributed by atoms with Crippen LogP contribution >= 0.6 is 11.6 Å². The van der Waals surface area contributed by atoms with Crippen LogP contribution in [0.1, 0.15) is 0 Å². The molecule has 1 aromatic rings. The van der Waals surface area contributed by atoms with Crippen LogP contribution in [0, 0.1) is 0 Å². The quantitative estimate of drug-likeness (QED) is 0.643. The summed E-state index contributed by atoms with van der Waals surface area (Å²) in [6.07, 6.45) is -6.11. The van der Waals surface area contributed by atoms with Crippen molar-refractivity contribution in [2.75, 3.05) is 19.0 Å². The number of hydrogen-bond donors (Lipinski definition) is 1. The zero-order valence-corrected chi connectivity index (χ0v) is 10.2. The lowest BCUT2D eigenvalue weighted by molar-refractivity contribution is -0.201. The monoisotopic (exact) mass is 283 g/mol. The van der Waals surface area contributed by atoms with Crippen molar-refractivity contribution in [2.24, 2.45) is 0 Å². The summed E-state index contributed by atoms with van der Waals surface area (Å²) in [5.41, 5.74) is 0. The third-order valence-electron chi connectivity index (χ3n) is 2.05. The van der Waals surface area contributed by atoms with Gasteiger partial charge in [-0.15, -0.1) is 11.6 Å². The van der Waals surface area contributed by atoms with E-state index in [4.69, 9.17) is 16.3 Å². The summed E-state index contributed by atoms with van der Waals surface area (Å²) < 4.78 is 41.8. The van der Waals surface area contributed by atoms with Crippen LogP contribution in [0.15, 0.2) is 30.3 Å². The first kappa shape index (κ1) is 15.1. The van der Waals surface area contributed by atoms with E-state index in [1.807, 2.05) is 0 Å². The Morgan fingerprint density at radius 2 is 1.89 bits per heavy atom. The lowest BCUT2D eigenvalue weighted by Gasteiger charge is -2.27. The summed E-state index contributed by atoms with van der Waals surface area (Å²) in [6.45, 7) is -1.41. The van der Waals surface area contributed by atoms with Crippen molar-refractivity contribution in [3.63, 3.8) is 0 Å². The van der Waals surface area contributed by atoms with E-state index in [1.54, 1.807) is 18.2 Å². The van der Waals surface area contributed by atoms with Crippen molar-refractivity contribution < 1.29 is 23.0 Å². The molecule has 0 amide bonds. The molecule has 1 N–H and O–H groups in total. The fraction of sp³-hybridized carbons (Fsp3) is 0.455. The van der Waals surface area contributed by atoms with Gasteiger partial charge >= 0.3 is 6.18 Å². The molecule has 0 bridgehead atoms. The molecule has 1 unspecified atom stereocenters. The van der Waals surface area contributed by atoms with E-state index in [0.717, 1.165) is 0 Å². The molecule has 0 aliphatic carbocycles. The number of hydrogen-bond acceptors (Lipinski definition) is 3. The molecule has 102 valence electrons. The molecule has 0 saturated heterocycles. The van der Waals surface area contributed by atoms with Gasteiger partial charge in [0.2, 0.25) is 0 Å². The minimum atomic E-state index is -4.42. The number of rotatable bonds is 6. The molecular weight excluding hydrogens is 271 g/mol. The minimum absolute atomic E-state index is 0.0364. The Morgan fingerprint density at radius 3 is 2.39 bits per heavy atom. The summed E-state index contributed by atoms with van der Waals surface area (Å²) in [4.78, 5) is 0.708. The van der Waals surface area contributed by atoms with Gasteiger partial charge in [-0.3, -0.25) is 0 Å². The van der Waals surface area contributed by atoms with Crippen LogP contribution in [0.2, 0.25) is 0 Å². The SMILES string of the molecule is OC(Oc1ccccc1)N(CCCl)CC(F)(F)F. The average Bonchev–Trinajstić information content (AvgIpc) is 2.28. The van der Waals surface area contributed by atoms with Crippen molar-refractivity contribution in [1.29, 1.82) is 0 Å². The predicted molar refractivity (Wildman–Crippen MR) is 61.4 cm³/mol. The molecular formula is C11H13ClF3NO2. The number of nitrogens with zero attached hydrogens (tertiary/aromatic N) is 1. The second kappa shape index (κ2) is 6.82. The normalized spacial score (nSPS) is 13.7. The van der Waals surface area contributed by atoms with Gasteiger partial charge in [0.1, 0.15) is 12.3 Å².